The first-order valence-electron chi connectivity index (χ1n) is 15.2. The number of thiazole rings is 1. The maximum Gasteiger partial charge on any atom is 0.338 e. The molecule has 1 amide bonds. The Kier molecular flexibility index (Phi) is 8.08. The quantitative estimate of drug-likeness (QED) is 0.202. The van der Waals surface area contributed by atoms with Crippen LogP contribution in [-0.2, 0) is 22.7 Å². The van der Waals surface area contributed by atoms with E-state index in [0.717, 1.165) is 21.2 Å². The van der Waals surface area contributed by atoms with Gasteiger partial charge in [0.15, 0.2) is 0 Å². The molecule has 0 saturated heterocycles. The lowest BCUT2D eigenvalue weighted by Gasteiger charge is -2.40. The first-order chi connectivity index (χ1) is 21.5. The number of hydrogen-bond acceptors (Lipinski definition) is 7. The van der Waals surface area contributed by atoms with Gasteiger partial charge in [-0.25, -0.2) is 4.79 Å². The highest BCUT2D eigenvalue weighted by Crippen LogP contribution is 2.64. The predicted molar refractivity (Wildman–Crippen MR) is 173 cm³/mol. The van der Waals surface area contributed by atoms with E-state index < -0.39 is 5.97 Å². The number of carbonyl (C=O) groups is 2. The van der Waals surface area contributed by atoms with Crippen molar-refractivity contribution in [1.82, 2.24) is 4.57 Å². The summed E-state index contributed by atoms with van der Waals surface area (Å²) in [6.45, 7) is 2.52. The molecule has 0 radical (unpaired) electrons. The van der Waals surface area contributed by atoms with Crippen LogP contribution in [0, 0.1) is 17.8 Å². The smallest absolute Gasteiger partial charge is 0.338 e. The number of hydrogen-bond donors (Lipinski definition) is 1. The molecule has 4 aromatic rings. The summed E-state index contributed by atoms with van der Waals surface area (Å²) in [6, 6.07) is 25.1. The number of anilines is 1. The second-order valence-electron chi connectivity index (χ2n) is 11.8. The topological polar surface area (TPSA) is 86.6 Å². The molecule has 0 spiro atoms. The van der Waals surface area contributed by atoms with Gasteiger partial charge in [-0.2, -0.15) is 0 Å². The Bertz CT molecular complexity index is 1710. The van der Waals surface area contributed by atoms with E-state index in [9.17, 15) is 14.4 Å². The molecule has 1 aliphatic heterocycles. The monoisotopic (exact) mass is 626 g/mol. The lowest BCUT2D eigenvalue weighted by Crippen LogP contribution is -2.34. The summed E-state index contributed by atoms with van der Waals surface area (Å²) < 4.78 is 12.8. The highest BCUT2D eigenvalue weighted by molar-refractivity contribution is 8.00. The standard InChI is InChI=1S/C35H34N2O5S2/c1-2-41-34(39)23-10-14-26(15-11-23)36-28(38)19-37-33-32(44-35(37)40)29(30-24-8-9-25(18-24)31(30)43-33)22-12-16-27(17-13-22)42-20-21-6-4-3-5-7-21/h3-7,10-17,24-25,29-31H,2,8-9,18-20H2,1H3,(H,36,38). The van der Waals surface area contributed by atoms with Crippen molar-refractivity contribution in [3.8, 4) is 5.75 Å². The molecule has 226 valence electrons. The van der Waals surface area contributed by atoms with Gasteiger partial charge in [-0.3, -0.25) is 14.2 Å². The summed E-state index contributed by atoms with van der Waals surface area (Å²) in [5, 5.41) is 4.27. The fourth-order valence-corrected chi connectivity index (χ4v) is 10.4. The van der Waals surface area contributed by atoms with E-state index in [1.807, 2.05) is 42.1 Å². The van der Waals surface area contributed by atoms with Gasteiger partial charge in [0, 0.05) is 21.7 Å². The number of nitrogens with zero attached hydrogens (tertiary/aromatic N) is 1. The van der Waals surface area contributed by atoms with E-state index in [2.05, 4.69) is 29.6 Å². The highest BCUT2D eigenvalue weighted by Gasteiger charge is 2.55. The van der Waals surface area contributed by atoms with Gasteiger partial charge in [-0.1, -0.05) is 53.8 Å². The number of ether oxygens (including phenoxy) is 2. The summed E-state index contributed by atoms with van der Waals surface area (Å²) in [6.07, 6.45) is 3.74. The fourth-order valence-electron chi connectivity index (χ4n) is 7.22. The van der Waals surface area contributed by atoms with Crippen LogP contribution in [0.15, 0.2) is 88.7 Å². The van der Waals surface area contributed by atoms with Crippen LogP contribution in [0.2, 0.25) is 0 Å². The molecule has 5 unspecified atom stereocenters. The van der Waals surface area contributed by atoms with Gasteiger partial charge in [-0.05, 0) is 91.5 Å². The number of fused-ring (bicyclic) bond motifs is 6. The SMILES string of the molecule is CCOC(=O)c1ccc(NC(=O)Cn2c3c(sc2=O)C(c2ccc(OCc4ccccc4)cc2)C2C4CCC(C4)C2S3)cc1. The minimum atomic E-state index is -0.401. The largest absolute Gasteiger partial charge is 0.489 e. The Morgan fingerprint density at radius 2 is 1.70 bits per heavy atom. The molecule has 2 saturated carbocycles. The van der Waals surface area contributed by atoms with Crippen molar-refractivity contribution in [1.29, 1.82) is 0 Å². The third-order valence-corrected chi connectivity index (χ3v) is 12.0. The van der Waals surface area contributed by atoms with Crippen molar-refractivity contribution in [3.63, 3.8) is 0 Å². The average molecular weight is 627 g/mol. The molecular formula is C35H34N2O5S2. The van der Waals surface area contributed by atoms with E-state index in [1.165, 1.54) is 36.2 Å². The average Bonchev–Trinajstić information content (AvgIpc) is 3.74. The number of rotatable bonds is 9. The second kappa shape index (κ2) is 12.3. The molecule has 44 heavy (non-hydrogen) atoms. The summed E-state index contributed by atoms with van der Waals surface area (Å²) in [5.41, 5.74) is 3.32. The van der Waals surface area contributed by atoms with E-state index in [0.29, 0.717) is 47.5 Å². The van der Waals surface area contributed by atoms with E-state index in [1.54, 1.807) is 35.8 Å². The maximum absolute atomic E-state index is 13.4. The molecule has 3 aliphatic rings. The first kappa shape index (κ1) is 28.9. The lowest BCUT2D eigenvalue weighted by atomic mass is 9.75. The van der Waals surface area contributed by atoms with Gasteiger partial charge in [-0.15, -0.1) is 11.8 Å². The molecule has 1 N–H and O–H groups in total. The Balaban J connectivity index is 1.12. The van der Waals surface area contributed by atoms with Gasteiger partial charge in [0.25, 0.3) is 0 Å². The fraction of sp³-hybridized carbons (Fsp3) is 0.343. The van der Waals surface area contributed by atoms with Gasteiger partial charge in [0.2, 0.25) is 5.91 Å². The van der Waals surface area contributed by atoms with Crippen LogP contribution in [-0.4, -0.2) is 28.3 Å². The number of nitrogens with one attached hydrogen (secondary N) is 1. The third-order valence-electron chi connectivity index (χ3n) is 9.16. The van der Waals surface area contributed by atoms with Crippen LogP contribution < -0.4 is 14.9 Å². The summed E-state index contributed by atoms with van der Waals surface area (Å²) in [5.74, 6) is 2.08. The van der Waals surface area contributed by atoms with Crippen molar-refractivity contribution in [3.05, 3.63) is 110 Å². The van der Waals surface area contributed by atoms with Gasteiger partial charge >= 0.3 is 10.8 Å². The van der Waals surface area contributed by atoms with Crippen LogP contribution >= 0.6 is 23.1 Å². The van der Waals surface area contributed by atoms with Crippen LogP contribution in [0.4, 0.5) is 5.69 Å². The number of thioether (sulfide) groups is 1. The molecule has 1 aromatic heterocycles. The van der Waals surface area contributed by atoms with Crippen LogP contribution in [0.25, 0.3) is 0 Å². The summed E-state index contributed by atoms with van der Waals surface area (Å²) >= 11 is 3.11. The molecule has 7 rings (SSSR count). The molecule has 9 heteroatoms. The molecule has 2 heterocycles. The normalized spacial score (nSPS) is 23.1. The first-order valence-corrected chi connectivity index (χ1v) is 16.9. The van der Waals surface area contributed by atoms with E-state index in [-0.39, 0.29) is 23.2 Å². The van der Waals surface area contributed by atoms with E-state index >= 15 is 0 Å². The van der Waals surface area contributed by atoms with Crippen LogP contribution in [0.5, 0.6) is 5.75 Å². The molecule has 2 aliphatic carbocycles. The molecular weight excluding hydrogens is 593 g/mol. The zero-order valence-electron chi connectivity index (χ0n) is 24.4. The molecule has 2 fully saturated rings. The Hall–Kier alpha value is -3.82. The van der Waals surface area contributed by atoms with Crippen LogP contribution in [0.3, 0.4) is 0 Å². The number of amides is 1. The van der Waals surface area contributed by atoms with Gasteiger partial charge in [0.05, 0.1) is 17.2 Å². The van der Waals surface area contributed by atoms with Crippen molar-refractivity contribution < 1.29 is 19.1 Å². The number of carbonyl (C=O) groups excluding carboxylic acids is 2. The number of benzene rings is 3. The van der Waals surface area contributed by atoms with Crippen molar-refractivity contribution in [2.45, 2.75) is 55.5 Å². The van der Waals surface area contributed by atoms with E-state index in [4.69, 9.17) is 9.47 Å². The van der Waals surface area contributed by atoms with Crippen molar-refractivity contribution in [2.75, 3.05) is 11.9 Å². The molecule has 2 bridgehead atoms. The summed E-state index contributed by atoms with van der Waals surface area (Å²) in [4.78, 5) is 39.6. The maximum atomic E-state index is 13.4. The Labute approximate surface area is 264 Å². The predicted octanol–water partition coefficient (Wildman–Crippen LogP) is 6.96. The third kappa shape index (κ3) is 5.59. The number of esters is 1. The Morgan fingerprint density at radius 1 is 0.955 bits per heavy atom. The lowest BCUT2D eigenvalue weighted by molar-refractivity contribution is -0.116. The zero-order chi connectivity index (χ0) is 30.2. The summed E-state index contributed by atoms with van der Waals surface area (Å²) in [7, 11) is 0. The van der Waals surface area contributed by atoms with Crippen LogP contribution in [0.1, 0.15) is 58.5 Å². The van der Waals surface area contributed by atoms with Crippen molar-refractivity contribution >= 4 is 40.7 Å². The zero-order valence-corrected chi connectivity index (χ0v) is 26.1. The second-order valence-corrected chi connectivity index (χ2v) is 13.9. The number of aromatic nitrogens is 1. The van der Waals surface area contributed by atoms with Gasteiger partial charge in [0.1, 0.15) is 18.9 Å². The molecule has 7 nitrogen and oxygen atoms in total. The van der Waals surface area contributed by atoms with Gasteiger partial charge < -0.3 is 14.8 Å². The molecule has 3 aromatic carbocycles. The molecule has 5 atom stereocenters. The minimum absolute atomic E-state index is 0.0538. The highest BCUT2D eigenvalue weighted by atomic mass is 32.2. The Morgan fingerprint density at radius 3 is 2.45 bits per heavy atom. The minimum Gasteiger partial charge on any atom is -0.489 e. The van der Waals surface area contributed by atoms with Crippen molar-refractivity contribution in [2.24, 2.45) is 17.8 Å².